The van der Waals surface area contributed by atoms with E-state index in [9.17, 15) is 0 Å². The minimum atomic E-state index is 0.983. The average molecular weight is 523 g/mol. The van der Waals surface area contributed by atoms with Crippen molar-refractivity contribution in [2.75, 3.05) is 4.90 Å². The quantitative estimate of drug-likeness (QED) is 0.214. The highest BCUT2D eigenvalue weighted by atomic mass is 15.1. The predicted octanol–water partition coefficient (Wildman–Crippen LogP) is 10.8. The first-order valence-electron chi connectivity index (χ1n) is 14.0. The van der Waals surface area contributed by atoms with Crippen LogP contribution in [0.4, 0.5) is 17.1 Å². The van der Waals surface area contributed by atoms with Gasteiger partial charge in [0.05, 0.1) is 11.4 Å². The van der Waals surface area contributed by atoms with Crippen LogP contribution in [0.2, 0.25) is 0 Å². The molecule has 0 aliphatic rings. The van der Waals surface area contributed by atoms with Crippen LogP contribution in [0.3, 0.4) is 0 Å². The maximum atomic E-state index is 4.79. The Morgan fingerprint density at radius 1 is 0.390 bits per heavy atom. The summed E-state index contributed by atoms with van der Waals surface area (Å²) in [5.41, 5.74) is 5.50. The van der Waals surface area contributed by atoms with Crippen molar-refractivity contribution in [1.29, 1.82) is 0 Å². The SMILES string of the molecule is c1ccc(N(c2ccc3ccc(-c4cc5ccccc5cn4)cc3c2)c2cccc3cc4ccccc4cc23)cc1. The summed E-state index contributed by atoms with van der Waals surface area (Å²) < 4.78 is 0. The van der Waals surface area contributed by atoms with Gasteiger partial charge in [0, 0.05) is 33.9 Å². The molecular formula is C39H26N2. The average Bonchev–Trinajstić information content (AvgIpc) is 3.04. The zero-order valence-corrected chi connectivity index (χ0v) is 22.4. The molecule has 0 fully saturated rings. The molecule has 0 amide bonds. The lowest BCUT2D eigenvalue weighted by Crippen LogP contribution is -2.10. The number of anilines is 3. The first-order chi connectivity index (χ1) is 20.3. The highest BCUT2D eigenvalue weighted by molar-refractivity contribution is 6.06. The van der Waals surface area contributed by atoms with E-state index < -0.39 is 0 Å². The van der Waals surface area contributed by atoms with Crippen LogP contribution in [0.1, 0.15) is 0 Å². The molecule has 0 saturated carbocycles. The molecule has 2 heteroatoms. The van der Waals surface area contributed by atoms with E-state index in [-0.39, 0.29) is 0 Å². The molecule has 2 nitrogen and oxygen atoms in total. The van der Waals surface area contributed by atoms with Crippen molar-refractivity contribution in [1.82, 2.24) is 4.98 Å². The lowest BCUT2D eigenvalue weighted by Gasteiger charge is -2.27. The van der Waals surface area contributed by atoms with Crippen LogP contribution in [-0.4, -0.2) is 4.98 Å². The molecule has 41 heavy (non-hydrogen) atoms. The minimum absolute atomic E-state index is 0.983. The number of rotatable bonds is 4. The summed E-state index contributed by atoms with van der Waals surface area (Å²) >= 11 is 0. The Morgan fingerprint density at radius 2 is 1.07 bits per heavy atom. The molecule has 0 spiro atoms. The van der Waals surface area contributed by atoms with Gasteiger partial charge in [-0.1, -0.05) is 97.1 Å². The number of aromatic nitrogens is 1. The van der Waals surface area contributed by atoms with Crippen molar-refractivity contribution in [2.45, 2.75) is 0 Å². The summed E-state index contributed by atoms with van der Waals surface area (Å²) in [7, 11) is 0. The van der Waals surface area contributed by atoms with E-state index in [1.165, 1.54) is 37.7 Å². The Kier molecular flexibility index (Phi) is 5.49. The van der Waals surface area contributed by atoms with Gasteiger partial charge in [-0.05, 0) is 86.9 Å². The highest BCUT2D eigenvalue weighted by Gasteiger charge is 2.16. The number of nitrogens with zero attached hydrogens (tertiary/aromatic N) is 2. The van der Waals surface area contributed by atoms with Gasteiger partial charge in [0.15, 0.2) is 0 Å². The van der Waals surface area contributed by atoms with E-state index in [4.69, 9.17) is 4.98 Å². The van der Waals surface area contributed by atoms with E-state index in [0.29, 0.717) is 0 Å². The van der Waals surface area contributed by atoms with E-state index in [2.05, 4.69) is 157 Å². The van der Waals surface area contributed by atoms with Crippen LogP contribution < -0.4 is 4.90 Å². The smallest absolute Gasteiger partial charge is 0.0708 e. The maximum Gasteiger partial charge on any atom is 0.0708 e. The van der Waals surface area contributed by atoms with Crippen LogP contribution in [0, 0.1) is 0 Å². The molecule has 0 aliphatic heterocycles. The Labute approximate surface area is 238 Å². The maximum absolute atomic E-state index is 4.79. The van der Waals surface area contributed by atoms with Crippen LogP contribution >= 0.6 is 0 Å². The second-order valence-electron chi connectivity index (χ2n) is 10.5. The fourth-order valence-electron chi connectivity index (χ4n) is 5.92. The molecule has 0 atom stereocenters. The molecule has 8 aromatic rings. The van der Waals surface area contributed by atoms with E-state index >= 15 is 0 Å². The summed E-state index contributed by atoms with van der Waals surface area (Å²) in [5, 5.41) is 9.69. The van der Waals surface area contributed by atoms with E-state index in [1.54, 1.807) is 0 Å². The van der Waals surface area contributed by atoms with E-state index in [0.717, 1.165) is 33.7 Å². The summed E-state index contributed by atoms with van der Waals surface area (Å²) in [6.07, 6.45) is 1.96. The number of fused-ring (bicyclic) bond motifs is 4. The molecule has 0 bridgehead atoms. The molecule has 7 aromatic carbocycles. The molecule has 0 aliphatic carbocycles. The van der Waals surface area contributed by atoms with Gasteiger partial charge in [-0.3, -0.25) is 4.98 Å². The second kappa shape index (κ2) is 9.62. The highest BCUT2D eigenvalue weighted by Crippen LogP contribution is 2.41. The van der Waals surface area contributed by atoms with Crippen molar-refractivity contribution >= 4 is 60.2 Å². The lowest BCUT2D eigenvalue weighted by atomic mass is 10.00. The Morgan fingerprint density at radius 3 is 1.90 bits per heavy atom. The van der Waals surface area contributed by atoms with Crippen LogP contribution in [0.25, 0.3) is 54.3 Å². The molecular weight excluding hydrogens is 496 g/mol. The zero-order valence-electron chi connectivity index (χ0n) is 22.4. The molecule has 1 aromatic heterocycles. The standard InChI is InChI=1S/C39H26N2/c1-2-14-35(15-3-1)41(39-16-8-13-31-21-28-9-4-5-10-29(28)24-37(31)39)36-20-19-27-17-18-32(22-34(27)23-36)38-25-30-11-6-7-12-33(30)26-40-38/h1-26H. The van der Waals surface area contributed by atoms with Gasteiger partial charge in [-0.2, -0.15) is 0 Å². The Balaban J connectivity index is 1.31. The van der Waals surface area contributed by atoms with E-state index in [1.807, 2.05) is 6.20 Å². The molecule has 8 rings (SSSR count). The normalized spacial score (nSPS) is 11.4. The number of hydrogen-bond acceptors (Lipinski definition) is 2. The summed E-state index contributed by atoms with van der Waals surface area (Å²) in [6, 6.07) is 54.4. The van der Waals surface area contributed by atoms with Gasteiger partial charge in [0.2, 0.25) is 0 Å². The molecule has 0 unspecified atom stereocenters. The third kappa shape index (κ3) is 4.18. The van der Waals surface area contributed by atoms with Crippen molar-refractivity contribution < 1.29 is 0 Å². The summed E-state index contributed by atoms with van der Waals surface area (Å²) in [4.78, 5) is 7.16. The Bertz CT molecular complexity index is 2220. The third-order valence-electron chi connectivity index (χ3n) is 7.99. The van der Waals surface area contributed by atoms with Gasteiger partial charge in [-0.25, -0.2) is 0 Å². The van der Waals surface area contributed by atoms with Gasteiger partial charge in [0.25, 0.3) is 0 Å². The molecule has 192 valence electrons. The van der Waals surface area contributed by atoms with Crippen molar-refractivity contribution in [2.24, 2.45) is 0 Å². The monoisotopic (exact) mass is 522 g/mol. The number of benzene rings is 7. The minimum Gasteiger partial charge on any atom is -0.310 e. The predicted molar refractivity (Wildman–Crippen MR) is 174 cm³/mol. The first-order valence-corrected chi connectivity index (χ1v) is 14.0. The number of pyridine rings is 1. The van der Waals surface area contributed by atoms with Gasteiger partial charge < -0.3 is 4.90 Å². The van der Waals surface area contributed by atoms with Gasteiger partial charge >= 0.3 is 0 Å². The molecule has 0 saturated heterocycles. The Hall–Kier alpha value is -5.47. The van der Waals surface area contributed by atoms with Crippen molar-refractivity contribution in [3.63, 3.8) is 0 Å². The van der Waals surface area contributed by atoms with Crippen LogP contribution in [0.5, 0.6) is 0 Å². The van der Waals surface area contributed by atoms with Crippen molar-refractivity contribution in [3.05, 3.63) is 158 Å². The lowest BCUT2D eigenvalue weighted by molar-refractivity contribution is 1.30. The fraction of sp³-hybridized carbons (Fsp3) is 0. The van der Waals surface area contributed by atoms with Crippen LogP contribution in [-0.2, 0) is 0 Å². The third-order valence-corrected chi connectivity index (χ3v) is 7.99. The molecule has 0 N–H and O–H groups in total. The van der Waals surface area contributed by atoms with Gasteiger partial charge in [-0.15, -0.1) is 0 Å². The van der Waals surface area contributed by atoms with Gasteiger partial charge in [0.1, 0.15) is 0 Å². The second-order valence-corrected chi connectivity index (χ2v) is 10.5. The first kappa shape index (κ1) is 23.4. The fourth-order valence-corrected chi connectivity index (χ4v) is 5.92. The topological polar surface area (TPSA) is 16.1 Å². The molecule has 1 heterocycles. The summed E-state index contributed by atoms with van der Waals surface area (Å²) in [5.74, 6) is 0. The molecule has 0 radical (unpaired) electrons. The van der Waals surface area contributed by atoms with Crippen molar-refractivity contribution in [3.8, 4) is 11.3 Å². The summed E-state index contributed by atoms with van der Waals surface area (Å²) in [6.45, 7) is 0. The zero-order chi connectivity index (χ0) is 27.2. The largest absolute Gasteiger partial charge is 0.310 e. The number of hydrogen-bond donors (Lipinski definition) is 0. The van der Waals surface area contributed by atoms with Crippen LogP contribution in [0.15, 0.2) is 158 Å². The number of para-hydroxylation sites is 1.